The molecule has 2 aromatic carbocycles. The predicted octanol–water partition coefficient (Wildman–Crippen LogP) is 4.68. The van der Waals surface area contributed by atoms with Crippen LogP contribution in [0, 0.1) is 18.3 Å². The molecule has 0 atom stereocenters. The van der Waals surface area contributed by atoms with E-state index in [9.17, 15) is 5.26 Å². The van der Waals surface area contributed by atoms with Crippen molar-refractivity contribution < 1.29 is 0 Å². The van der Waals surface area contributed by atoms with Crippen LogP contribution in [0.4, 0.5) is 5.69 Å². The number of nitrogens with zero attached hydrogens (tertiary/aromatic N) is 1. The van der Waals surface area contributed by atoms with Crippen molar-refractivity contribution >= 4 is 17.3 Å². The second-order valence-electron chi connectivity index (χ2n) is 5.79. The number of hydrogen-bond donors (Lipinski definition) is 1. The number of rotatable bonds is 3. The Balaban J connectivity index is 1.71. The number of aryl methyl sites for hydroxylation is 1. The first-order valence-electron chi connectivity index (χ1n) is 7.12. The Hall–Kier alpha value is -1.98. The molecule has 0 bridgehead atoms. The first-order chi connectivity index (χ1) is 10.1. The van der Waals surface area contributed by atoms with Crippen molar-refractivity contribution in [3.63, 3.8) is 0 Å². The average molecular weight is 297 g/mol. The van der Waals surface area contributed by atoms with E-state index in [4.69, 9.17) is 11.6 Å². The highest BCUT2D eigenvalue weighted by atomic mass is 35.5. The molecule has 3 rings (SSSR count). The zero-order valence-electron chi connectivity index (χ0n) is 11.9. The van der Waals surface area contributed by atoms with E-state index in [1.165, 1.54) is 0 Å². The van der Waals surface area contributed by atoms with Gasteiger partial charge in [-0.15, -0.1) is 0 Å². The maximum absolute atomic E-state index is 9.56. The maximum Gasteiger partial charge on any atom is 0.0861 e. The second-order valence-corrected chi connectivity index (χ2v) is 6.20. The molecule has 0 aliphatic heterocycles. The van der Waals surface area contributed by atoms with Crippen LogP contribution in [-0.2, 0) is 5.41 Å². The van der Waals surface area contributed by atoms with Gasteiger partial charge in [0.1, 0.15) is 0 Å². The molecule has 21 heavy (non-hydrogen) atoms. The summed E-state index contributed by atoms with van der Waals surface area (Å²) in [6.45, 7) is 2.02. The van der Waals surface area contributed by atoms with E-state index in [1.807, 2.05) is 55.5 Å². The molecule has 1 aliphatic carbocycles. The molecule has 0 amide bonds. The molecule has 0 radical (unpaired) electrons. The van der Waals surface area contributed by atoms with E-state index in [0.717, 1.165) is 34.7 Å². The van der Waals surface area contributed by atoms with Crippen LogP contribution in [0.15, 0.2) is 48.5 Å². The molecular formula is C18H17ClN2. The van der Waals surface area contributed by atoms with Gasteiger partial charge in [-0.25, -0.2) is 0 Å². The van der Waals surface area contributed by atoms with Gasteiger partial charge in [0.05, 0.1) is 22.2 Å². The Kier molecular flexibility index (Phi) is 3.61. The molecule has 1 N–H and O–H groups in total. The van der Waals surface area contributed by atoms with E-state index in [0.29, 0.717) is 6.04 Å². The minimum atomic E-state index is -0.351. The number of hydrogen-bond acceptors (Lipinski definition) is 2. The van der Waals surface area contributed by atoms with Gasteiger partial charge in [-0.3, -0.25) is 0 Å². The minimum absolute atomic E-state index is 0.296. The first-order valence-corrected chi connectivity index (χ1v) is 7.50. The molecule has 0 spiro atoms. The molecule has 1 fully saturated rings. The van der Waals surface area contributed by atoms with Gasteiger partial charge in [-0.1, -0.05) is 48.0 Å². The molecule has 106 valence electrons. The van der Waals surface area contributed by atoms with Crippen LogP contribution in [0.3, 0.4) is 0 Å². The van der Waals surface area contributed by atoms with E-state index in [2.05, 4.69) is 11.4 Å². The minimum Gasteiger partial charge on any atom is -0.381 e. The van der Waals surface area contributed by atoms with E-state index in [1.54, 1.807) is 0 Å². The van der Waals surface area contributed by atoms with Crippen molar-refractivity contribution in [1.82, 2.24) is 0 Å². The van der Waals surface area contributed by atoms with Gasteiger partial charge in [0.2, 0.25) is 0 Å². The molecule has 0 unspecified atom stereocenters. The lowest BCUT2D eigenvalue weighted by Gasteiger charge is -2.43. The fourth-order valence-corrected chi connectivity index (χ4v) is 3.28. The lowest BCUT2D eigenvalue weighted by atomic mass is 9.62. The molecule has 2 aromatic rings. The molecule has 0 aromatic heterocycles. The molecular weight excluding hydrogens is 280 g/mol. The van der Waals surface area contributed by atoms with Crippen LogP contribution in [-0.4, -0.2) is 6.04 Å². The summed E-state index contributed by atoms with van der Waals surface area (Å²) in [5.74, 6) is 0. The number of anilines is 1. The Morgan fingerprint density at radius 2 is 1.90 bits per heavy atom. The summed E-state index contributed by atoms with van der Waals surface area (Å²) in [7, 11) is 0. The third kappa shape index (κ3) is 2.62. The summed E-state index contributed by atoms with van der Waals surface area (Å²) >= 11 is 6.25. The van der Waals surface area contributed by atoms with Gasteiger partial charge < -0.3 is 5.32 Å². The van der Waals surface area contributed by atoms with Gasteiger partial charge in [-0.05, 0) is 43.0 Å². The lowest BCUT2D eigenvalue weighted by Crippen LogP contribution is -2.47. The average Bonchev–Trinajstić information content (AvgIpc) is 2.45. The van der Waals surface area contributed by atoms with Crippen LogP contribution in [0.25, 0.3) is 0 Å². The van der Waals surface area contributed by atoms with E-state index < -0.39 is 0 Å². The molecule has 1 aliphatic rings. The Bertz CT molecular complexity index is 682. The summed E-state index contributed by atoms with van der Waals surface area (Å²) in [6.07, 6.45) is 1.63. The highest BCUT2D eigenvalue weighted by Gasteiger charge is 2.46. The summed E-state index contributed by atoms with van der Waals surface area (Å²) in [4.78, 5) is 0. The van der Waals surface area contributed by atoms with Crippen LogP contribution in [0.5, 0.6) is 0 Å². The Morgan fingerprint density at radius 1 is 1.19 bits per heavy atom. The van der Waals surface area contributed by atoms with Gasteiger partial charge in [0.25, 0.3) is 0 Å². The van der Waals surface area contributed by atoms with Crippen LogP contribution in [0.1, 0.15) is 24.0 Å². The van der Waals surface area contributed by atoms with Crippen molar-refractivity contribution in [3.05, 3.63) is 64.7 Å². The lowest BCUT2D eigenvalue weighted by molar-refractivity contribution is 0.289. The van der Waals surface area contributed by atoms with Crippen molar-refractivity contribution in [2.24, 2.45) is 0 Å². The highest BCUT2D eigenvalue weighted by Crippen LogP contribution is 2.45. The predicted molar refractivity (Wildman–Crippen MR) is 86.6 cm³/mol. The zero-order valence-corrected chi connectivity index (χ0v) is 12.7. The SMILES string of the molecule is Cc1ccc(NC2CC(C#N)(c3ccccc3)C2)c(Cl)c1. The zero-order chi connectivity index (χ0) is 14.9. The van der Waals surface area contributed by atoms with Crippen molar-refractivity contribution in [2.45, 2.75) is 31.2 Å². The topological polar surface area (TPSA) is 35.8 Å². The highest BCUT2D eigenvalue weighted by molar-refractivity contribution is 6.33. The van der Waals surface area contributed by atoms with Crippen molar-refractivity contribution in [2.75, 3.05) is 5.32 Å². The third-order valence-electron chi connectivity index (χ3n) is 4.21. The fraction of sp³-hybridized carbons (Fsp3) is 0.278. The summed E-state index contributed by atoms with van der Waals surface area (Å²) in [6, 6.07) is 18.8. The third-order valence-corrected chi connectivity index (χ3v) is 4.53. The van der Waals surface area contributed by atoms with Gasteiger partial charge in [0, 0.05) is 6.04 Å². The summed E-state index contributed by atoms with van der Waals surface area (Å²) < 4.78 is 0. The molecule has 3 heteroatoms. The van der Waals surface area contributed by atoms with E-state index >= 15 is 0 Å². The van der Waals surface area contributed by atoms with Crippen molar-refractivity contribution in [1.29, 1.82) is 5.26 Å². The smallest absolute Gasteiger partial charge is 0.0861 e. The molecule has 1 saturated carbocycles. The molecule has 0 saturated heterocycles. The first kappa shape index (κ1) is 14.0. The number of nitrogens with one attached hydrogen (secondary N) is 1. The second kappa shape index (κ2) is 5.42. The number of halogens is 1. The number of benzene rings is 2. The Labute approximate surface area is 130 Å². The van der Waals surface area contributed by atoms with Gasteiger partial charge >= 0.3 is 0 Å². The fourth-order valence-electron chi connectivity index (χ4n) is 2.99. The van der Waals surface area contributed by atoms with Crippen LogP contribution < -0.4 is 5.32 Å². The largest absolute Gasteiger partial charge is 0.381 e. The molecule has 0 heterocycles. The monoisotopic (exact) mass is 296 g/mol. The standard InChI is InChI=1S/C18H17ClN2/c1-13-7-8-17(16(19)9-13)21-15-10-18(11-15,12-20)14-5-3-2-4-6-14/h2-9,15,21H,10-11H2,1H3. The maximum atomic E-state index is 9.56. The van der Waals surface area contributed by atoms with Crippen LogP contribution in [0.2, 0.25) is 5.02 Å². The van der Waals surface area contributed by atoms with Crippen LogP contribution >= 0.6 is 11.6 Å². The normalized spacial score (nSPS) is 24.0. The quantitative estimate of drug-likeness (QED) is 0.892. The number of nitriles is 1. The Morgan fingerprint density at radius 3 is 2.52 bits per heavy atom. The van der Waals surface area contributed by atoms with Crippen molar-refractivity contribution in [3.8, 4) is 6.07 Å². The summed E-state index contributed by atoms with van der Waals surface area (Å²) in [5.41, 5.74) is 2.86. The van der Waals surface area contributed by atoms with Gasteiger partial charge in [-0.2, -0.15) is 5.26 Å². The van der Waals surface area contributed by atoms with E-state index in [-0.39, 0.29) is 5.41 Å². The molecule has 2 nitrogen and oxygen atoms in total. The summed E-state index contributed by atoms with van der Waals surface area (Å²) in [5, 5.41) is 13.8. The van der Waals surface area contributed by atoms with Gasteiger partial charge in [0.15, 0.2) is 0 Å².